The summed E-state index contributed by atoms with van der Waals surface area (Å²) in [6.45, 7) is 0.465. The van der Waals surface area contributed by atoms with Crippen molar-refractivity contribution in [3.8, 4) is 23.0 Å². The van der Waals surface area contributed by atoms with E-state index in [1.165, 1.54) is 47.8 Å². The van der Waals surface area contributed by atoms with Crippen LogP contribution in [0.1, 0.15) is 0 Å². The molecule has 5 N–H and O–H groups in total. The number of hydrogen-bond acceptors (Lipinski definition) is 7. The molecule has 2 rings (SSSR count). The zero-order chi connectivity index (χ0) is 17.5. The fraction of sp³-hybridized carbons (Fsp3) is 0.188. The topological polar surface area (TPSA) is 110 Å². The molecule has 0 aliphatic heterocycles. The maximum Gasteiger partial charge on any atom is 0.230 e. The van der Waals surface area contributed by atoms with Crippen molar-refractivity contribution in [3.63, 3.8) is 0 Å². The van der Waals surface area contributed by atoms with Crippen LogP contribution in [0.5, 0.6) is 23.0 Å². The average molecular weight is 367 g/mol. The molecule has 0 fully saturated rings. The number of rotatable bonds is 7. The SMILES string of the molecule is O=C(CSc1ccc(O)c(O)c1)NCCSc1ccc(O)c(O)c1. The lowest BCUT2D eigenvalue weighted by Gasteiger charge is -2.06. The molecule has 8 heteroatoms. The zero-order valence-corrected chi connectivity index (χ0v) is 14.2. The van der Waals surface area contributed by atoms with Crippen LogP contribution in [0.3, 0.4) is 0 Å². The van der Waals surface area contributed by atoms with E-state index in [0.29, 0.717) is 17.2 Å². The Labute approximate surface area is 147 Å². The highest BCUT2D eigenvalue weighted by Gasteiger charge is 2.06. The first-order chi connectivity index (χ1) is 11.5. The van der Waals surface area contributed by atoms with Crippen LogP contribution in [0.25, 0.3) is 0 Å². The summed E-state index contributed by atoms with van der Waals surface area (Å²) in [6.07, 6.45) is 0. The molecular weight excluding hydrogens is 350 g/mol. The minimum absolute atomic E-state index is 0.137. The normalized spacial score (nSPS) is 10.5. The van der Waals surface area contributed by atoms with Gasteiger partial charge in [0, 0.05) is 22.1 Å². The van der Waals surface area contributed by atoms with E-state index in [9.17, 15) is 25.2 Å². The van der Waals surface area contributed by atoms with Gasteiger partial charge in [0.1, 0.15) is 0 Å². The van der Waals surface area contributed by atoms with Crippen LogP contribution in [-0.4, -0.2) is 44.4 Å². The maximum absolute atomic E-state index is 11.8. The van der Waals surface area contributed by atoms with Gasteiger partial charge in [0.05, 0.1) is 5.75 Å². The van der Waals surface area contributed by atoms with Gasteiger partial charge in [-0.1, -0.05) is 0 Å². The Kier molecular flexibility index (Phi) is 6.51. The van der Waals surface area contributed by atoms with Gasteiger partial charge in [-0.2, -0.15) is 0 Å². The van der Waals surface area contributed by atoms with Crippen molar-refractivity contribution < 1.29 is 25.2 Å². The van der Waals surface area contributed by atoms with Crippen LogP contribution in [-0.2, 0) is 4.79 Å². The van der Waals surface area contributed by atoms with Gasteiger partial charge in [-0.25, -0.2) is 0 Å². The predicted octanol–water partition coefficient (Wildman–Crippen LogP) is 2.51. The molecular formula is C16H17NO5S2. The first-order valence-corrected chi connectivity index (χ1v) is 8.99. The summed E-state index contributed by atoms with van der Waals surface area (Å²) in [4.78, 5) is 13.2. The summed E-state index contributed by atoms with van der Waals surface area (Å²) in [5, 5.41) is 40.0. The van der Waals surface area contributed by atoms with Crippen molar-refractivity contribution >= 4 is 29.4 Å². The monoisotopic (exact) mass is 367 g/mol. The number of phenolic OH excluding ortho intramolecular Hbond substituents is 4. The molecule has 0 saturated heterocycles. The second kappa shape index (κ2) is 8.60. The maximum atomic E-state index is 11.8. The summed E-state index contributed by atoms with van der Waals surface area (Å²) < 4.78 is 0. The number of carbonyl (C=O) groups is 1. The lowest BCUT2D eigenvalue weighted by Crippen LogP contribution is -2.27. The first kappa shape index (κ1) is 18.2. The van der Waals surface area contributed by atoms with Crippen molar-refractivity contribution in [2.24, 2.45) is 0 Å². The first-order valence-electron chi connectivity index (χ1n) is 7.02. The Balaban J connectivity index is 1.67. The average Bonchev–Trinajstić information content (AvgIpc) is 2.56. The molecule has 0 radical (unpaired) electrons. The van der Waals surface area contributed by atoms with Crippen LogP contribution in [0.2, 0.25) is 0 Å². The number of hydrogen-bond donors (Lipinski definition) is 5. The van der Waals surface area contributed by atoms with Crippen LogP contribution >= 0.6 is 23.5 Å². The molecule has 24 heavy (non-hydrogen) atoms. The third kappa shape index (κ3) is 5.47. The third-order valence-corrected chi connectivity index (χ3v) is 4.95. The Morgan fingerprint density at radius 1 is 0.833 bits per heavy atom. The largest absolute Gasteiger partial charge is 0.504 e. The lowest BCUT2D eigenvalue weighted by atomic mass is 10.3. The molecule has 0 unspecified atom stereocenters. The Morgan fingerprint density at radius 3 is 1.92 bits per heavy atom. The Morgan fingerprint density at radius 2 is 1.38 bits per heavy atom. The number of thioether (sulfide) groups is 2. The van der Waals surface area contributed by atoms with Gasteiger partial charge in [0.25, 0.3) is 0 Å². The third-order valence-electron chi connectivity index (χ3n) is 2.96. The van der Waals surface area contributed by atoms with Gasteiger partial charge in [-0.3, -0.25) is 4.79 Å². The molecule has 0 aliphatic rings. The van der Waals surface area contributed by atoms with Crippen molar-refractivity contribution in [1.29, 1.82) is 0 Å². The summed E-state index contributed by atoms with van der Waals surface area (Å²) in [7, 11) is 0. The Bertz CT molecular complexity index is 724. The van der Waals surface area contributed by atoms with E-state index in [0.717, 1.165) is 4.90 Å². The highest BCUT2D eigenvalue weighted by Crippen LogP contribution is 2.30. The van der Waals surface area contributed by atoms with Gasteiger partial charge >= 0.3 is 0 Å². The van der Waals surface area contributed by atoms with Crippen LogP contribution in [0.4, 0.5) is 0 Å². The predicted molar refractivity (Wildman–Crippen MR) is 94.0 cm³/mol. The molecule has 0 aliphatic carbocycles. The molecule has 0 heterocycles. The van der Waals surface area contributed by atoms with E-state index in [1.54, 1.807) is 12.1 Å². The van der Waals surface area contributed by atoms with Crippen molar-refractivity contribution in [2.45, 2.75) is 9.79 Å². The minimum atomic E-state index is -0.214. The highest BCUT2D eigenvalue weighted by atomic mass is 32.2. The van der Waals surface area contributed by atoms with E-state index in [1.807, 2.05) is 0 Å². The fourth-order valence-electron chi connectivity index (χ4n) is 1.75. The molecule has 1 amide bonds. The van der Waals surface area contributed by atoms with Crippen molar-refractivity contribution in [1.82, 2.24) is 5.32 Å². The number of aromatic hydroxyl groups is 4. The molecule has 0 spiro atoms. The van der Waals surface area contributed by atoms with E-state index in [2.05, 4.69) is 5.32 Å². The van der Waals surface area contributed by atoms with Gasteiger partial charge in [0.2, 0.25) is 5.91 Å². The second-order valence-electron chi connectivity index (χ2n) is 4.79. The van der Waals surface area contributed by atoms with E-state index in [4.69, 9.17) is 0 Å². The van der Waals surface area contributed by atoms with Gasteiger partial charge < -0.3 is 25.7 Å². The van der Waals surface area contributed by atoms with Gasteiger partial charge in [-0.05, 0) is 36.4 Å². The fourth-order valence-corrected chi connectivity index (χ4v) is 3.30. The molecule has 0 aromatic heterocycles. The summed E-state index contributed by atoms with van der Waals surface area (Å²) in [6, 6.07) is 8.98. The molecule has 2 aromatic rings. The number of benzene rings is 2. The van der Waals surface area contributed by atoms with E-state index in [-0.39, 0.29) is 34.7 Å². The lowest BCUT2D eigenvalue weighted by molar-refractivity contribution is -0.118. The smallest absolute Gasteiger partial charge is 0.230 e. The molecule has 128 valence electrons. The standard InChI is InChI=1S/C16H17NO5S2/c18-12-3-1-10(7-14(12)20)23-6-5-17-16(22)9-24-11-2-4-13(19)15(21)8-11/h1-4,7-8,18-21H,5-6,9H2,(H,17,22). The highest BCUT2D eigenvalue weighted by molar-refractivity contribution is 8.00. The molecule has 0 bridgehead atoms. The number of amides is 1. The summed E-state index contributed by atoms with van der Waals surface area (Å²) in [5.41, 5.74) is 0. The minimum Gasteiger partial charge on any atom is -0.504 e. The number of phenols is 4. The number of carbonyl (C=O) groups excluding carboxylic acids is 1. The zero-order valence-electron chi connectivity index (χ0n) is 12.6. The van der Waals surface area contributed by atoms with Crippen LogP contribution < -0.4 is 5.32 Å². The number of nitrogens with one attached hydrogen (secondary N) is 1. The molecule has 0 saturated carbocycles. The molecule has 2 aromatic carbocycles. The van der Waals surface area contributed by atoms with E-state index >= 15 is 0 Å². The van der Waals surface area contributed by atoms with Crippen molar-refractivity contribution in [3.05, 3.63) is 36.4 Å². The van der Waals surface area contributed by atoms with E-state index < -0.39 is 0 Å². The molecule has 6 nitrogen and oxygen atoms in total. The second-order valence-corrected chi connectivity index (χ2v) is 7.01. The summed E-state index contributed by atoms with van der Waals surface area (Å²) >= 11 is 2.71. The van der Waals surface area contributed by atoms with Gasteiger partial charge in [-0.15, -0.1) is 23.5 Å². The van der Waals surface area contributed by atoms with Crippen LogP contribution in [0.15, 0.2) is 46.2 Å². The quantitative estimate of drug-likeness (QED) is 0.290. The molecule has 0 atom stereocenters. The van der Waals surface area contributed by atoms with Crippen LogP contribution in [0, 0.1) is 0 Å². The van der Waals surface area contributed by atoms with Crippen molar-refractivity contribution in [2.75, 3.05) is 18.1 Å². The Hall–Kier alpha value is -2.19. The summed E-state index contributed by atoms with van der Waals surface area (Å²) in [5.74, 6) is -0.0468. The van der Waals surface area contributed by atoms with Gasteiger partial charge in [0.15, 0.2) is 23.0 Å².